The number of carbonyl (C=O) groups is 1. The molecule has 1 saturated carbocycles. The third-order valence-electron chi connectivity index (χ3n) is 2.99. The molecular formula is C8H12O2S. The van der Waals surface area contributed by atoms with Crippen LogP contribution in [0, 0.1) is 23.7 Å². The Bertz CT molecular complexity index is 183. The minimum absolute atomic E-state index is 0.106. The summed E-state index contributed by atoms with van der Waals surface area (Å²) in [5.74, 6) is 3.67. The Morgan fingerprint density at radius 3 is 2.55 bits per heavy atom. The molecule has 1 heterocycles. The lowest BCUT2D eigenvalue weighted by Crippen LogP contribution is -2.14. The molecule has 11 heavy (non-hydrogen) atoms. The predicted molar refractivity (Wildman–Crippen MR) is 44.6 cm³/mol. The number of aliphatic carboxylic acids is 1. The first-order valence-corrected chi connectivity index (χ1v) is 5.18. The normalized spacial score (nSPS) is 43.2. The van der Waals surface area contributed by atoms with Crippen LogP contribution in [0.15, 0.2) is 0 Å². The van der Waals surface area contributed by atoms with Crippen LogP contribution in [0.25, 0.3) is 0 Å². The van der Waals surface area contributed by atoms with Crippen LogP contribution in [-0.4, -0.2) is 22.6 Å². The average molecular weight is 172 g/mol. The Labute approximate surface area is 70.4 Å². The van der Waals surface area contributed by atoms with Crippen LogP contribution in [0.2, 0.25) is 0 Å². The van der Waals surface area contributed by atoms with E-state index >= 15 is 0 Å². The average Bonchev–Trinajstić information content (AvgIpc) is 2.41. The van der Waals surface area contributed by atoms with Gasteiger partial charge < -0.3 is 5.11 Å². The van der Waals surface area contributed by atoms with Crippen molar-refractivity contribution >= 4 is 17.7 Å². The third-order valence-corrected chi connectivity index (χ3v) is 4.23. The summed E-state index contributed by atoms with van der Waals surface area (Å²) >= 11 is 1.97. The molecule has 2 fully saturated rings. The smallest absolute Gasteiger partial charge is 0.306 e. The van der Waals surface area contributed by atoms with Crippen LogP contribution in [0.1, 0.15) is 6.92 Å². The van der Waals surface area contributed by atoms with Crippen molar-refractivity contribution in [2.45, 2.75) is 6.92 Å². The van der Waals surface area contributed by atoms with Gasteiger partial charge >= 0.3 is 5.97 Å². The van der Waals surface area contributed by atoms with Gasteiger partial charge in [-0.3, -0.25) is 4.79 Å². The second-order valence-electron chi connectivity index (χ2n) is 3.57. The number of carboxylic acid groups (broad SMARTS) is 1. The molecule has 0 aromatic carbocycles. The lowest BCUT2D eigenvalue weighted by Gasteiger charge is -2.06. The summed E-state index contributed by atoms with van der Waals surface area (Å²) in [5.41, 5.74) is 0. The molecule has 1 saturated heterocycles. The molecule has 0 aromatic heterocycles. The van der Waals surface area contributed by atoms with Gasteiger partial charge in [-0.15, -0.1) is 0 Å². The fraction of sp³-hybridized carbons (Fsp3) is 0.875. The minimum Gasteiger partial charge on any atom is -0.481 e. The fourth-order valence-electron chi connectivity index (χ4n) is 2.19. The molecule has 1 N–H and O–H groups in total. The van der Waals surface area contributed by atoms with Crippen molar-refractivity contribution in [2.24, 2.45) is 23.7 Å². The minimum atomic E-state index is -0.616. The molecule has 3 unspecified atom stereocenters. The van der Waals surface area contributed by atoms with Crippen LogP contribution in [-0.2, 0) is 4.79 Å². The van der Waals surface area contributed by atoms with E-state index in [0.717, 1.165) is 11.8 Å². The van der Waals surface area contributed by atoms with E-state index in [0.29, 0.717) is 5.92 Å². The number of thioether (sulfide) groups is 1. The Morgan fingerprint density at radius 1 is 1.55 bits per heavy atom. The van der Waals surface area contributed by atoms with Gasteiger partial charge in [0.25, 0.3) is 0 Å². The van der Waals surface area contributed by atoms with E-state index in [9.17, 15) is 4.79 Å². The highest BCUT2D eigenvalue weighted by Gasteiger charge is 2.56. The van der Waals surface area contributed by atoms with Crippen LogP contribution in [0.4, 0.5) is 0 Å². The summed E-state index contributed by atoms with van der Waals surface area (Å²) in [7, 11) is 0. The highest BCUT2D eigenvalue weighted by Crippen LogP contribution is 2.58. The van der Waals surface area contributed by atoms with Crippen molar-refractivity contribution in [3.8, 4) is 0 Å². The van der Waals surface area contributed by atoms with E-state index in [4.69, 9.17) is 5.11 Å². The predicted octanol–water partition coefficient (Wildman–Crippen LogP) is 1.32. The Hall–Kier alpha value is -0.180. The molecule has 3 atom stereocenters. The quantitative estimate of drug-likeness (QED) is 0.682. The molecule has 0 spiro atoms. The molecule has 2 aliphatic rings. The van der Waals surface area contributed by atoms with E-state index in [-0.39, 0.29) is 5.92 Å². The first-order chi connectivity index (χ1) is 5.22. The summed E-state index contributed by atoms with van der Waals surface area (Å²) in [4.78, 5) is 10.6. The molecule has 2 rings (SSSR count). The lowest BCUT2D eigenvalue weighted by molar-refractivity contribution is -0.142. The summed E-state index contributed by atoms with van der Waals surface area (Å²) in [6.45, 7) is 1.84. The van der Waals surface area contributed by atoms with Gasteiger partial charge in [-0.1, -0.05) is 6.92 Å². The van der Waals surface area contributed by atoms with Crippen LogP contribution >= 0.6 is 11.8 Å². The van der Waals surface area contributed by atoms with Gasteiger partial charge in [0, 0.05) is 0 Å². The summed E-state index contributed by atoms with van der Waals surface area (Å²) in [5, 5.41) is 8.74. The Kier molecular flexibility index (Phi) is 1.63. The van der Waals surface area contributed by atoms with Crippen molar-refractivity contribution in [1.29, 1.82) is 0 Å². The zero-order valence-corrected chi connectivity index (χ0v) is 7.30. The topological polar surface area (TPSA) is 37.3 Å². The third kappa shape index (κ3) is 1.06. The number of carboxylic acids is 1. The number of rotatable bonds is 2. The molecule has 0 radical (unpaired) electrons. The molecule has 1 aliphatic heterocycles. The summed E-state index contributed by atoms with van der Waals surface area (Å²) in [6.07, 6.45) is 0. The van der Waals surface area contributed by atoms with Gasteiger partial charge in [-0.2, -0.15) is 11.8 Å². The Morgan fingerprint density at radius 2 is 2.09 bits per heavy atom. The SMILES string of the molecule is CC(C(=O)O)C1C2CSCC21. The van der Waals surface area contributed by atoms with Crippen molar-refractivity contribution in [3.05, 3.63) is 0 Å². The maximum absolute atomic E-state index is 10.6. The van der Waals surface area contributed by atoms with Crippen LogP contribution in [0.3, 0.4) is 0 Å². The first-order valence-electron chi connectivity index (χ1n) is 4.02. The molecule has 0 bridgehead atoms. The van der Waals surface area contributed by atoms with E-state index in [1.807, 2.05) is 18.7 Å². The van der Waals surface area contributed by atoms with Gasteiger partial charge in [0.15, 0.2) is 0 Å². The van der Waals surface area contributed by atoms with Gasteiger partial charge in [0.05, 0.1) is 5.92 Å². The number of fused-ring (bicyclic) bond motifs is 1. The molecule has 2 nitrogen and oxygen atoms in total. The van der Waals surface area contributed by atoms with Crippen LogP contribution in [0.5, 0.6) is 0 Å². The molecule has 62 valence electrons. The molecule has 0 amide bonds. The van der Waals surface area contributed by atoms with Gasteiger partial charge in [0.2, 0.25) is 0 Å². The number of hydrogen-bond acceptors (Lipinski definition) is 2. The second kappa shape index (κ2) is 2.41. The largest absolute Gasteiger partial charge is 0.481 e. The zero-order valence-electron chi connectivity index (χ0n) is 6.49. The van der Waals surface area contributed by atoms with E-state index in [1.165, 1.54) is 11.5 Å². The Balaban J connectivity index is 1.95. The second-order valence-corrected chi connectivity index (χ2v) is 4.64. The first kappa shape index (κ1) is 7.47. The van der Waals surface area contributed by atoms with E-state index in [2.05, 4.69) is 0 Å². The van der Waals surface area contributed by atoms with Gasteiger partial charge in [-0.05, 0) is 29.3 Å². The van der Waals surface area contributed by atoms with E-state index in [1.54, 1.807) is 0 Å². The number of hydrogen-bond donors (Lipinski definition) is 1. The van der Waals surface area contributed by atoms with Gasteiger partial charge in [-0.25, -0.2) is 0 Å². The molecule has 0 aromatic rings. The summed E-state index contributed by atoms with van der Waals surface area (Å²) in [6, 6.07) is 0. The van der Waals surface area contributed by atoms with E-state index < -0.39 is 5.97 Å². The maximum Gasteiger partial charge on any atom is 0.306 e. The molecular weight excluding hydrogens is 160 g/mol. The monoisotopic (exact) mass is 172 g/mol. The van der Waals surface area contributed by atoms with Crippen molar-refractivity contribution in [2.75, 3.05) is 11.5 Å². The molecule has 1 aliphatic carbocycles. The maximum atomic E-state index is 10.6. The molecule has 3 heteroatoms. The lowest BCUT2D eigenvalue weighted by atomic mass is 10.0. The highest BCUT2D eigenvalue weighted by atomic mass is 32.2. The van der Waals surface area contributed by atoms with Crippen molar-refractivity contribution in [3.63, 3.8) is 0 Å². The van der Waals surface area contributed by atoms with Crippen molar-refractivity contribution < 1.29 is 9.90 Å². The highest BCUT2D eigenvalue weighted by molar-refractivity contribution is 7.99. The van der Waals surface area contributed by atoms with Gasteiger partial charge in [0.1, 0.15) is 0 Å². The summed E-state index contributed by atoms with van der Waals surface area (Å²) < 4.78 is 0. The zero-order chi connectivity index (χ0) is 8.01. The standard InChI is InChI=1S/C8H12O2S/c1-4(8(9)10)7-5-2-11-3-6(5)7/h4-7H,2-3H2,1H3,(H,9,10). The van der Waals surface area contributed by atoms with Crippen molar-refractivity contribution in [1.82, 2.24) is 0 Å². The fourth-order valence-corrected chi connectivity index (χ4v) is 3.81. The van der Waals surface area contributed by atoms with Crippen LogP contribution < -0.4 is 0 Å².